The lowest BCUT2D eigenvalue weighted by molar-refractivity contribution is 0.626. The zero-order chi connectivity index (χ0) is 16.9. The fourth-order valence-electron chi connectivity index (χ4n) is 2.36. The van der Waals surface area contributed by atoms with Crippen molar-refractivity contribution < 1.29 is 4.39 Å². The van der Waals surface area contributed by atoms with Gasteiger partial charge in [0.2, 0.25) is 0 Å². The fourth-order valence-corrected chi connectivity index (χ4v) is 2.36. The summed E-state index contributed by atoms with van der Waals surface area (Å²) in [5, 5.41) is 6.47. The van der Waals surface area contributed by atoms with Gasteiger partial charge in [0, 0.05) is 18.4 Å². The lowest BCUT2D eigenvalue weighted by atomic mass is 10.1. The van der Waals surface area contributed by atoms with E-state index in [9.17, 15) is 4.39 Å². The lowest BCUT2D eigenvalue weighted by Crippen LogP contribution is -2.09. The molecular formula is C18H19ClFN5. The molecule has 0 bridgehead atoms. The Balaban J connectivity index is 0.00000225. The van der Waals surface area contributed by atoms with E-state index in [4.69, 9.17) is 0 Å². The first-order valence-electron chi connectivity index (χ1n) is 7.64. The van der Waals surface area contributed by atoms with E-state index in [1.807, 2.05) is 26.0 Å². The van der Waals surface area contributed by atoms with E-state index < -0.39 is 0 Å². The van der Waals surface area contributed by atoms with Gasteiger partial charge < -0.3 is 10.6 Å². The largest absolute Gasteiger partial charge is 0.363 e. The van der Waals surface area contributed by atoms with Gasteiger partial charge in [0.15, 0.2) is 0 Å². The number of anilines is 3. The third kappa shape index (κ3) is 5.12. The van der Waals surface area contributed by atoms with Crippen LogP contribution in [0.3, 0.4) is 0 Å². The molecule has 0 fully saturated rings. The maximum absolute atomic E-state index is 13.0. The molecule has 0 saturated heterocycles. The Morgan fingerprint density at radius 1 is 1.00 bits per heavy atom. The summed E-state index contributed by atoms with van der Waals surface area (Å²) in [5.41, 5.74) is 2.05. The Bertz CT molecular complexity index is 811. The molecule has 0 saturated carbocycles. The van der Waals surface area contributed by atoms with E-state index >= 15 is 0 Å². The summed E-state index contributed by atoms with van der Waals surface area (Å²) >= 11 is 0. The van der Waals surface area contributed by atoms with Crippen LogP contribution in [0.15, 0.2) is 55.0 Å². The Kier molecular flexibility index (Phi) is 6.25. The molecule has 2 aromatic heterocycles. The predicted molar refractivity (Wildman–Crippen MR) is 100.0 cm³/mol. The van der Waals surface area contributed by atoms with E-state index in [1.54, 1.807) is 30.7 Å². The van der Waals surface area contributed by atoms with E-state index in [2.05, 4.69) is 25.6 Å². The van der Waals surface area contributed by atoms with Crippen molar-refractivity contribution >= 4 is 29.9 Å². The molecule has 3 aromatic rings. The molecule has 1 unspecified atom stereocenters. The summed E-state index contributed by atoms with van der Waals surface area (Å²) in [6.45, 7) is 4.00. The molecule has 25 heavy (non-hydrogen) atoms. The van der Waals surface area contributed by atoms with Crippen LogP contribution in [0.2, 0.25) is 0 Å². The second-order valence-electron chi connectivity index (χ2n) is 5.55. The molecular weight excluding hydrogens is 341 g/mol. The van der Waals surface area contributed by atoms with Crippen LogP contribution in [0, 0.1) is 12.7 Å². The number of hydrogen-bond donors (Lipinski definition) is 2. The Labute approximate surface area is 152 Å². The molecule has 0 amide bonds. The van der Waals surface area contributed by atoms with Crippen molar-refractivity contribution in [2.24, 2.45) is 0 Å². The number of aryl methyl sites for hydroxylation is 1. The van der Waals surface area contributed by atoms with Crippen LogP contribution < -0.4 is 10.6 Å². The van der Waals surface area contributed by atoms with Gasteiger partial charge in [0.1, 0.15) is 23.3 Å². The van der Waals surface area contributed by atoms with Crippen molar-refractivity contribution in [3.63, 3.8) is 0 Å². The van der Waals surface area contributed by atoms with Crippen LogP contribution in [-0.4, -0.2) is 15.0 Å². The van der Waals surface area contributed by atoms with E-state index in [0.29, 0.717) is 11.6 Å². The van der Waals surface area contributed by atoms with Crippen LogP contribution in [0.1, 0.15) is 24.1 Å². The zero-order valence-corrected chi connectivity index (χ0v) is 14.7. The van der Waals surface area contributed by atoms with Crippen LogP contribution in [0.4, 0.5) is 21.8 Å². The minimum atomic E-state index is -0.241. The summed E-state index contributed by atoms with van der Waals surface area (Å²) in [7, 11) is 0. The number of hydrogen-bond acceptors (Lipinski definition) is 5. The fraction of sp³-hybridized carbons (Fsp3) is 0.167. The number of nitrogens with one attached hydrogen (secondary N) is 2. The SMILES string of the molecule is Cc1cc(Nc2cnccn2)nc(NC(C)c2ccc(F)cc2)c1.Cl. The van der Waals surface area contributed by atoms with Gasteiger partial charge in [-0.3, -0.25) is 4.98 Å². The monoisotopic (exact) mass is 359 g/mol. The molecule has 5 nitrogen and oxygen atoms in total. The standard InChI is InChI=1S/C18H18FN5.ClH/c1-12-9-16(22-13(2)14-3-5-15(19)6-4-14)23-17(10-12)24-18-11-20-7-8-21-18;/h3-11,13H,1-2H3,(H2,21,22,23,24);1H. The summed E-state index contributed by atoms with van der Waals surface area (Å²) in [4.78, 5) is 12.8. The first kappa shape index (κ1) is 18.6. The maximum atomic E-state index is 13.0. The van der Waals surface area contributed by atoms with Crippen molar-refractivity contribution in [3.8, 4) is 0 Å². The molecule has 0 spiro atoms. The van der Waals surface area contributed by atoms with Crippen LogP contribution in [0.5, 0.6) is 0 Å². The van der Waals surface area contributed by atoms with Crippen molar-refractivity contribution in [1.82, 2.24) is 15.0 Å². The van der Waals surface area contributed by atoms with Gasteiger partial charge in [0.05, 0.1) is 6.20 Å². The third-order valence-corrected chi connectivity index (χ3v) is 3.52. The molecule has 7 heteroatoms. The van der Waals surface area contributed by atoms with Crippen molar-refractivity contribution in [2.45, 2.75) is 19.9 Å². The smallest absolute Gasteiger partial charge is 0.150 e. The summed E-state index contributed by atoms with van der Waals surface area (Å²) in [6, 6.07) is 10.3. The molecule has 2 N–H and O–H groups in total. The number of rotatable bonds is 5. The molecule has 0 aliphatic rings. The number of pyridine rings is 1. The second-order valence-corrected chi connectivity index (χ2v) is 5.55. The Morgan fingerprint density at radius 3 is 2.40 bits per heavy atom. The van der Waals surface area contributed by atoms with Gasteiger partial charge in [-0.2, -0.15) is 0 Å². The van der Waals surface area contributed by atoms with Gasteiger partial charge in [-0.05, 0) is 49.2 Å². The normalized spacial score (nSPS) is 11.3. The summed E-state index contributed by atoms with van der Waals surface area (Å²) in [6.07, 6.45) is 4.87. The first-order valence-corrected chi connectivity index (χ1v) is 7.64. The molecule has 0 aliphatic carbocycles. The minimum absolute atomic E-state index is 0. The molecule has 2 heterocycles. The van der Waals surface area contributed by atoms with E-state index in [0.717, 1.165) is 16.9 Å². The molecule has 1 aromatic carbocycles. The lowest BCUT2D eigenvalue weighted by Gasteiger charge is -2.16. The van der Waals surface area contributed by atoms with Crippen molar-refractivity contribution in [1.29, 1.82) is 0 Å². The number of aromatic nitrogens is 3. The van der Waals surface area contributed by atoms with Gasteiger partial charge in [0.25, 0.3) is 0 Å². The van der Waals surface area contributed by atoms with Crippen molar-refractivity contribution in [2.75, 3.05) is 10.6 Å². The highest BCUT2D eigenvalue weighted by Crippen LogP contribution is 2.22. The van der Waals surface area contributed by atoms with Crippen LogP contribution in [0.25, 0.3) is 0 Å². The molecule has 130 valence electrons. The predicted octanol–water partition coefficient (Wildman–Crippen LogP) is 4.66. The molecule has 0 radical (unpaired) electrons. The zero-order valence-electron chi connectivity index (χ0n) is 13.9. The minimum Gasteiger partial charge on any atom is -0.363 e. The number of halogens is 2. The van der Waals surface area contributed by atoms with Gasteiger partial charge in [-0.25, -0.2) is 14.4 Å². The summed E-state index contributed by atoms with van der Waals surface area (Å²) < 4.78 is 13.0. The highest BCUT2D eigenvalue weighted by Gasteiger charge is 2.08. The second kappa shape index (κ2) is 8.39. The highest BCUT2D eigenvalue weighted by atomic mass is 35.5. The average Bonchev–Trinajstić information content (AvgIpc) is 2.55. The number of nitrogens with zero attached hydrogens (tertiary/aromatic N) is 3. The topological polar surface area (TPSA) is 62.7 Å². The van der Waals surface area contributed by atoms with E-state index in [-0.39, 0.29) is 24.3 Å². The van der Waals surface area contributed by atoms with Gasteiger partial charge in [-0.1, -0.05) is 12.1 Å². The highest BCUT2D eigenvalue weighted by molar-refractivity contribution is 5.85. The first-order chi connectivity index (χ1) is 11.6. The number of benzene rings is 1. The Morgan fingerprint density at radius 2 is 1.72 bits per heavy atom. The average molecular weight is 360 g/mol. The van der Waals surface area contributed by atoms with Gasteiger partial charge >= 0.3 is 0 Å². The maximum Gasteiger partial charge on any atom is 0.150 e. The Hall–Kier alpha value is -2.73. The third-order valence-electron chi connectivity index (χ3n) is 3.52. The van der Waals surface area contributed by atoms with Crippen molar-refractivity contribution in [3.05, 3.63) is 71.9 Å². The van der Waals surface area contributed by atoms with Gasteiger partial charge in [-0.15, -0.1) is 12.4 Å². The molecule has 1 atom stereocenters. The van der Waals surface area contributed by atoms with Crippen LogP contribution in [-0.2, 0) is 0 Å². The molecule has 3 rings (SSSR count). The quantitative estimate of drug-likeness (QED) is 0.693. The molecule has 0 aliphatic heterocycles. The summed E-state index contributed by atoms with van der Waals surface area (Å²) in [5.74, 6) is 1.81. The van der Waals surface area contributed by atoms with Crippen LogP contribution >= 0.6 is 12.4 Å². The van der Waals surface area contributed by atoms with E-state index in [1.165, 1.54) is 12.1 Å².